The van der Waals surface area contributed by atoms with Crippen LogP contribution in [0.1, 0.15) is 30.9 Å². The van der Waals surface area contributed by atoms with Crippen molar-refractivity contribution in [2.24, 2.45) is 16.6 Å². The lowest BCUT2D eigenvalue weighted by atomic mass is 10.0. The van der Waals surface area contributed by atoms with Gasteiger partial charge in [0.25, 0.3) is 0 Å². The van der Waals surface area contributed by atoms with Crippen LogP contribution in [0.3, 0.4) is 0 Å². The molecule has 2 rings (SSSR count). The molecule has 6 heteroatoms. The number of guanidine groups is 1. The average molecular weight is 299 g/mol. The summed E-state index contributed by atoms with van der Waals surface area (Å²) in [5.41, 5.74) is 6.03. The van der Waals surface area contributed by atoms with Crippen molar-refractivity contribution in [3.05, 3.63) is 35.4 Å². The summed E-state index contributed by atoms with van der Waals surface area (Å²) in [5.74, 6) is 1.07. The molecule has 1 atom stereocenters. The van der Waals surface area contributed by atoms with E-state index in [0.717, 1.165) is 37.2 Å². The van der Waals surface area contributed by atoms with Gasteiger partial charge < -0.3 is 10.6 Å². The zero-order valence-corrected chi connectivity index (χ0v) is 12.0. The largest absolute Gasteiger partial charge is 0.416 e. The molecule has 21 heavy (non-hydrogen) atoms. The molecule has 2 N–H and O–H groups in total. The lowest BCUT2D eigenvalue weighted by molar-refractivity contribution is -0.137. The molecule has 0 radical (unpaired) electrons. The van der Waals surface area contributed by atoms with Crippen molar-refractivity contribution < 1.29 is 13.2 Å². The fourth-order valence-corrected chi connectivity index (χ4v) is 2.47. The predicted octanol–water partition coefficient (Wildman–Crippen LogP) is 3.25. The van der Waals surface area contributed by atoms with E-state index in [0.29, 0.717) is 18.4 Å². The van der Waals surface area contributed by atoms with Crippen LogP contribution < -0.4 is 5.73 Å². The van der Waals surface area contributed by atoms with E-state index in [2.05, 4.69) is 11.9 Å². The first kappa shape index (κ1) is 15.7. The number of hydrogen-bond acceptors (Lipinski definition) is 1. The average Bonchev–Trinajstić information content (AvgIpc) is 2.44. The van der Waals surface area contributed by atoms with E-state index in [1.54, 1.807) is 0 Å². The maximum absolute atomic E-state index is 12.5. The van der Waals surface area contributed by atoms with Crippen molar-refractivity contribution in [1.82, 2.24) is 4.90 Å². The number of piperidine rings is 1. The van der Waals surface area contributed by atoms with Crippen molar-refractivity contribution in [2.45, 2.75) is 32.5 Å². The van der Waals surface area contributed by atoms with E-state index in [1.165, 1.54) is 18.6 Å². The van der Waals surface area contributed by atoms with Gasteiger partial charge in [0.15, 0.2) is 5.96 Å². The van der Waals surface area contributed by atoms with Gasteiger partial charge in [-0.05, 0) is 36.5 Å². The van der Waals surface area contributed by atoms with Crippen LogP contribution in [0.15, 0.2) is 29.3 Å². The number of alkyl halides is 3. The Labute approximate surface area is 122 Å². The Balaban J connectivity index is 1.96. The lowest BCUT2D eigenvalue weighted by Gasteiger charge is -2.31. The molecule has 116 valence electrons. The number of halogens is 3. The fourth-order valence-electron chi connectivity index (χ4n) is 2.47. The molecule has 1 heterocycles. The van der Waals surface area contributed by atoms with Crippen LogP contribution >= 0.6 is 0 Å². The van der Waals surface area contributed by atoms with Gasteiger partial charge in [-0.15, -0.1) is 0 Å². The van der Waals surface area contributed by atoms with Crippen molar-refractivity contribution in [2.75, 3.05) is 13.1 Å². The summed E-state index contributed by atoms with van der Waals surface area (Å²) in [6.07, 6.45) is -2.01. The molecule has 0 bridgehead atoms. The van der Waals surface area contributed by atoms with Gasteiger partial charge in [0.2, 0.25) is 0 Å². The molecular formula is C15H20F3N3. The first-order chi connectivity index (χ1) is 9.86. The number of rotatable bonds is 2. The van der Waals surface area contributed by atoms with E-state index < -0.39 is 11.7 Å². The van der Waals surface area contributed by atoms with Crippen LogP contribution in [-0.4, -0.2) is 23.9 Å². The first-order valence-electron chi connectivity index (χ1n) is 7.07. The highest BCUT2D eigenvalue weighted by atomic mass is 19.4. The summed E-state index contributed by atoms with van der Waals surface area (Å²) in [7, 11) is 0. The highest BCUT2D eigenvalue weighted by molar-refractivity contribution is 5.78. The Morgan fingerprint density at radius 3 is 2.57 bits per heavy atom. The number of nitrogens with zero attached hydrogens (tertiary/aromatic N) is 2. The molecule has 0 amide bonds. The maximum Gasteiger partial charge on any atom is 0.416 e. The Morgan fingerprint density at radius 2 is 2.00 bits per heavy atom. The van der Waals surface area contributed by atoms with E-state index in [-0.39, 0.29) is 0 Å². The zero-order valence-electron chi connectivity index (χ0n) is 12.0. The first-order valence-corrected chi connectivity index (χ1v) is 7.07. The molecule has 1 unspecified atom stereocenters. The molecule has 1 aliphatic heterocycles. The van der Waals surface area contributed by atoms with Crippen LogP contribution in [0.25, 0.3) is 0 Å². The third-order valence-corrected chi connectivity index (χ3v) is 3.69. The van der Waals surface area contributed by atoms with Gasteiger partial charge in [0.05, 0.1) is 12.1 Å². The predicted molar refractivity (Wildman–Crippen MR) is 76.7 cm³/mol. The topological polar surface area (TPSA) is 41.6 Å². The van der Waals surface area contributed by atoms with Gasteiger partial charge in [-0.3, -0.25) is 0 Å². The van der Waals surface area contributed by atoms with Crippen LogP contribution in [-0.2, 0) is 12.7 Å². The second-order valence-corrected chi connectivity index (χ2v) is 5.56. The number of hydrogen-bond donors (Lipinski definition) is 1. The van der Waals surface area contributed by atoms with Crippen molar-refractivity contribution in [1.29, 1.82) is 0 Å². The van der Waals surface area contributed by atoms with Crippen molar-refractivity contribution in [3.63, 3.8) is 0 Å². The van der Waals surface area contributed by atoms with E-state index in [1.807, 2.05) is 4.90 Å². The Morgan fingerprint density at radius 1 is 1.33 bits per heavy atom. The second-order valence-electron chi connectivity index (χ2n) is 5.56. The van der Waals surface area contributed by atoms with Gasteiger partial charge in [-0.25, -0.2) is 4.99 Å². The number of nitrogens with two attached hydrogens (primary N) is 1. The molecule has 3 nitrogen and oxygen atoms in total. The summed E-state index contributed by atoms with van der Waals surface area (Å²) in [4.78, 5) is 6.32. The molecule has 1 aromatic carbocycles. The second kappa shape index (κ2) is 6.37. The molecule has 0 saturated carbocycles. The van der Waals surface area contributed by atoms with Crippen LogP contribution in [0.5, 0.6) is 0 Å². The van der Waals surface area contributed by atoms with Gasteiger partial charge >= 0.3 is 6.18 Å². The molecule has 1 aliphatic rings. The fraction of sp³-hybridized carbons (Fsp3) is 0.533. The molecule has 0 aliphatic carbocycles. The van der Waals surface area contributed by atoms with Gasteiger partial charge in [0, 0.05) is 13.1 Å². The summed E-state index contributed by atoms with van der Waals surface area (Å²) in [5, 5.41) is 0. The molecule has 1 saturated heterocycles. The zero-order chi connectivity index (χ0) is 15.5. The smallest absolute Gasteiger partial charge is 0.370 e. The third-order valence-electron chi connectivity index (χ3n) is 3.69. The van der Waals surface area contributed by atoms with Gasteiger partial charge in [-0.2, -0.15) is 13.2 Å². The monoisotopic (exact) mass is 299 g/mol. The highest BCUT2D eigenvalue weighted by Crippen LogP contribution is 2.29. The number of aliphatic imine (C=N–C) groups is 1. The molecule has 1 fully saturated rings. The van der Waals surface area contributed by atoms with Crippen molar-refractivity contribution in [3.8, 4) is 0 Å². The SMILES string of the molecule is CC1CCCN(C(N)=NCc2ccc(C(F)(F)F)cc2)C1. The standard InChI is InChI=1S/C15H20F3N3/c1-11-3-2-8-21(10-11)14(19)20-9-12-4-6-13(7-5-12)15(16,17)18/h4-7,11H,2-3,8-10H2,1H3,(H2,19,20). The van der Waals surface area contributed by atoms with Crippen molar-refractivity contribution >= 4 is 5.96 Å². The lowest BCUT2D eigenvalue weighted by Crippen LogP contribution is -2.43. The van der Waals surface area contributed by atoms with Crippen LogP contribution in [0.2, 0.25) is 0 Å². The summed E-state index contributed by atoms with van der Waals surface area (Å²) in [6, 6.07) is 5.03. The minimum Gasteiger partial charge on any atom is -0.370 e. The highest BCUT2D eigenvalue weighted by Gasteiger charge is 2.29. The third kappa shape index (κ3) is 4.37. The van der Waals surface area contributed by atoms with Crippen LogP contribution in [0, 0.1) is 5.92 Å². The van der Waals surface area contributed by atoms with Gasteiger partial charge in [0.1, 0.15) is 0 Å². The Hall–Kier alpha value is -1.72. The maximum atomic E-state index is 12.5. The molecule has 0 aromatic heterocycles. The minimum absolute atomic E-state index is 0.300. The van der Waals surface area contributed by atoms with E-state index in [4.69, 9.17) is 5.73 Å². The quantitative estimate of drug-likeness (QED) is 0.673. The van der Waals surface area contributed by atoms with Crippen LogP contribution in [0.4, 0.5) is 13.2 Å². The Kier molecular flexibility index (Phi) is 4.75. The summed E-state index contributed by atoms with van der Waals surface area (Å²) in [6.45, 7) is 4.26. The Bertz CT molecular complexity index is 494. The molecule has 1 aromatic rings. The normalized spacial score (nSPS) is 20.7. The number of likely N-dealkylation sites (tertiary alicyclic amines) is 1. The molecular weight excluding hydrogens is 279 g/mol. The summed E-state index contributed by atoms with van der Waals surface area (Å²) >= 11 is 0. The number of benzene rings is 1. The minimum atomic E-state index is -4.30. The van der Waals surface area contributed by atoms with E-state index >= 15 is 0 Å². The van der Waals surface area contributed by atoms with E-state index in [9.17, 15) is 13.2 Å². The van der Waals surface area contributed by atoms with Gasteiger partial charge in [-0.1, -0.05) is 19.1 Å². The summed E-state index contributed by atoms with van der Waals surface area (Å²) < 4.78 is 37.4. The molecule has 0 spiro atoms.